The molecule has 0 aliphatic carbocycles. The number of anilines is 1. The van der Waals surface area contributed by atoms with Gasteiger partial charge in [-0.15, -0.1) is 0 Å². The predicted molar refractivity (Wildman–Crippen MR) is 141 cm³/mol. The third-order valence-electron chi connectivity index (χ3n) is 5.15. The Morgan fingerprint density at radius 2 is 1.67 bits per heavy atom. The van der Waals surface area contributed by atoms with Crippen LogP contribution in [0.1, 0.15) is 18.1 Å². The van der Waals surface area contributed by atoms with Crippen molar-refractivity contribution < 1.29 is 29.0 Å². The summed E-state index contributed by atoms with van der Waals surface area (Å²) in [6, 6.07) is 15.7. The van der Waals surface area contributed by atoms with Crippen molar-refractivity contribution in [3.8, 4) is 17.2 Å². The summed E-state index contributed by atoms with van der Waals surface area (Å²) < 4.78 is 13.3. The molecule has 1 saturated heterocycles. The van der Waals surface area contributed by atoms with E-state index in [4.69, 9.17) is 9.47 Å². The zero-order valence-electron chi connectivity index (χ0n) is 19.0. The van der Waals surface area contributed by atoms with Gasteiger partial charge >= 0.3 is 6.03 Å². The summed E-state index contributed by atoms with van der Waals surface area (Å²) in [5.74, 6) is -0.733. The van der Waals surface area contributed by atoms with Crippen LogP contribution in [0, 0.1) is 0 Å². The Morgan fingerprint density at radius 1 is 0.972 bits per heavy atom. The van der Waals surface area contributed by atoms with Gasteiger partial charge in [-0.2, -0.15) is 0 Å². The molecular formula is C26H20Br2N2O6. The summed E-state index contributed by atoms with van der Waals surface area (Å²) in [5, 5.41) is 11.7. The summed E-state index contributed by atoms with van der Waals surface area (Å²) in [6.45, 7) is 2.50. The average molecular weight is 616 g/mol. The first-order valence-electron chi connectivity index (χ1n) is 10.8. The van der Waals surface area contributed by atoms with Crippen molar-refractivity contribution >= 4 is 61.5 Å². The Morgan fingerprint density at radius 3 is 2.33 bits per heavy atom. The van der Waals surface area contributed by atoms with E-state index in [-0.39, 0.29) is 17.0 Å². The number of phenolic OH excluding ortho intramolecular Hbond substituents is 1. The Hall–Kier alpha value is -3.63. The molecule has 4 rings (SSSR count). The van der Waals surface area contributed by atoms with E-state index in [2.05, 4.69) is 37.2 Å². The van der Waals surface area contributed by atoms with Crippen LogP contribution in [0.15, 0.2) is 75.2 Å². The zero-order chi connectivity index (χ0) is 25.8. The van der Waals surface area contributed by atoms with Gasteiger partial charge in [-0.1, -0.05) is 28.1 Å². The highest BCUT2D eigenvalue weighted by Crippen LogP contribution is 2.38. The molecule has 0 unspecified atom stereocenters. The summed E-state index contributed by atoms with van der Waals surface area (Å²) in [7, 11) is 0. The molecule has 1 aliphatic rings. The number of ether oxygens (including phenoxy) is 2. The van der Waals surface area contributed by atoms with E-state index in [0.29, 0.717) is 34.7 Å². The molecular weight excluding hydrogens is 596 g/mol. The topological polar surface area (TPSA) is 105 Å². The number of carbonyl (C=O) groups is 3. The van der Waals surface area contributed by atoms with Crippen molar-refractivity contribution in [3.63, 3.8) is 0 Å². The summed E-state index contributed by atoms with van der Waals surface area (Å²) in [5.41, 5.74) is 1.42. The highest BCUT2D eigenvalue weighted by atomic mass is 79.9. The molecule has 0 spiro atoms. The molecule has 4 amide bonds. The number of amides is 4. The second-order valence-corrected chi connectivity index (χ2v) is 9.42. The van der Waals surface area contributed by atoms with Gasteiger partial charge < -0.3 is 14.6 Å². The van der Waals surface area contributed by atoms with E-state index < -0.39 is 17.8 Å². The molecule has 36 heavy (non-hydrogen) atoms. The molecule has 184 valence electrons. The molecule has 0 radical (unpaired) electrons. The highest BCUT2D eigenvalue weighted by molar-refractivity contribution is 9.10. The fourth-order valence-corrected chi connectivity index (χ4v) is 4.31. The second kappa shape index (κ2) is 11.0. The lowest BCUT2D eigenvalue weighted by molar-refractivity contribution is -0.122. The molecule has 0 atom stereocenters. The first-order chi connectivity index (χ1) is 17.3. The number of hydrogen-bond donors (Lipinski definition) is 2. The summed E-state index contributed by atoms with van der Waals surface area (Å²) in [4.78, 5) is 38.9. The van der Waals surface area contributed by atoms with Crippen molar-refractivity contribution in [3.05, 3.63) is 86.3 Å². The maximum atomic E-state index is 13.1. The van der Waals surface area contributed by atoms with Crippen molar-refractivity contribution in [1.82, 2.24) is 5.32 Å². The lowest BCUT2D eigenvalue weighted by atomic mass is 10.1. The Kier molecular flexibility index (Phi) is 7.76. The van der Waals surface area contributed by atoms with Crippen LogP contribution in [0.2, 0.25) is 0 Å². The van der Waals surface area contributed by atoms with Crippen LogP contribution in [0.5, 0.6) is 17.2 Å². The molecule has 1 fully saturated rings. The number of urea groups is 1. The molecule has 0 bridgehead atoms. The minimum Gasteiger partial charge on any atom is -0.508 e. The number of halogens is 2. The molecule has 10 heteroatoms. The number of carbonyl (C=O) groups excluding carboxylic acids is 3. The number of nitrogens with one attached hydrogen (secondary N) is 1. The third-order valence-corrected chi connectivity index (χ3v) is 6.27. The van der Waals surface area contributed by atoms with Crippen LogP contribution in [-0.2, 0) is 16.2 Å². The number of benzene rings is 3. The van der Waals surface area contributed by atoms with Gasteiger partial charge in [0.1, 0.15) is 17.9 Å². The van der Waals surface area contributed by atoms with E-state index in [1.807, 2.05) is 31.2 Å². The number of rotatable bonds is 7. The first kappa shape index (κ1) is 25.5. The summed E-state index contributed by atoms with van der Waals surface area (Å²) in [6.07, 6.45) is 1.38. The van der Waals surface area contributed by atoms with Crippen LogP contribution in [0.25, 0.3) is 6.08 Å². The third kappa shape index (κ3) is 5.60. The maximum Gasteiger partial charge on any atom is 0.335 e. The van der Waals surface area contributed by atoms with Gasteiger partial charge in [0.2, 0.25) is 0 Å². The molecule has 8 nitrogen and oxygen atoms in total. The number of barbiturate groups is 1. The monoisotopic (exact) mass is 614 g/mol. The van der Waals surface area contributed by atoms with Crippen molar-refractivity contribution in [2.75, 3.05) is 11.5 Å². The lowest BCUT2D eigenvalue weighted by Gasteiger charge is -2.26. The Bertz CT molecular complexity index is 1350. The summed E-state index contributed by atoms with van der Waals surface area (Å²) >= 11 is 6.91. The molecule has 0 aromatic heterocycles. The standard InChI is InChI=1S/C26H20Br2N2O6/c1-2-35-22-13-16(12-21(28)23(22)36-14-15-3-5-17(27)6-4-15)11-20-24(32)29-26(34)30(25(20)33)18-7-9-19(31)10-8-18/h3-13,31H,2,14H2,1H3,(H,29,32,34)/b20-11+. The van der Waals surface area contributed by atoms with Gasteiger partial charge in [-0.25, -0.2) is 9.69 Å². The van der Waals surface area contributed by atoms with Gasteiger partial charge in [-0.3, -0.25) is 14.9 Å². The maximum absolute atomic E-state index is 13.1. The molecule has 3 aromatic rings. The van der Waals surface area contributed by atoms with Crippen LogP contribution >= 0.6 is 31.9 Å². The number of nitrogens with zero attached hydrogens (tertiary/aromatic N) is 1. The molecule has 1 heterocycles. The van der Waals surface area contributed by atoms with Gasteiger partial charge in [0.25, 0.3) is 11.8 Å². The van der Waals surface area contributed by atoms with E-state index in [9.17, 15) is 19.5 Å². The number of phenols is 1. The molecule has 0 saturated carbocycles. The van der Waals surface area contributed by atoms with Gasteiger partial charge in [-0.05, 0) is 88.6 Å². The van der Waals surface area contributed by atoms with Gasteiger partial charge in [0, 0.05) is 4.47 Å². The van der Waals surface area contributed by atoms with Gasteiger partial charge in [0.05, 0.1) is 16.8 Å². The van der Waals surface area contributed by atoms with E-state index in [1.165, 1.54) is 30.3 Å². The van der Waals surface area contributed by atoms with E-state index in [0.717, 1.165) is 14.9 Å². The SMILES string of the molecule is CCOc1cc(/C=C2\C(=O)NC(=O)N(c3ccc(O)cc3)C2=O)cc(Br)c1OCc1ccc(Br)cc1. The highest BCUT2D eigenvalue weighted by Gasteiger charge is 2.36. The van der Waals surface area contributed by atoms with Crippen LogP contribution < -0.4 is 19.7 Å². The second-order valence-electron chi connectivity index (χ2n) is 7.65. The van der Waals surface area contributed by atoms with E-state index in [1.54, 1.807) is 12.1 Å². The largest absolute Gasteiger partial charge is 0.508 e. The minimum atomic E-state index is -0.874. The molecule has 3 aromatic carbocycles. The number of imide groups is 2. The first-order valence-corrected chi connectivity index (χ1v) is 12.4. The molecule has 1 aliphatic heterocycles. The van der Waals surface area contributed by atoms with Crippen LogP contribution in [-0.4, -0.2) is 29.6 Å². The van der Waals surface area contributed by atoms with Crippen molar-refractivity contribution in [2.24, 2.45) is 0 Å². The van der Waals surface area contributed by atoms with Crippen molar-refractivity contribution in [1.29, 1.82) is 0 Å². The smallest absolute Gasteiger partial charge is 0.335 e. The lowest BCUT2D eigenvalue weighted by Crippen LogP contribution is -2.54. The fraction of sp³-hybridized carbons (Fsp3) is 0.115. The fourth-order valence-electron chi connectivity index (χ4n) is 3.47. The van der Waals surface area contributed by atoms with Crippen LogP contribution in [0.4, 0.5) is 10.5 Å². The normalized spacial score (nSPS) is 14.7. The van der Waals surface area contributed by atoms with Gasteiger partial charge in [0.15, 0.2) is 11.5 Å². The Labute approximate surface area is 223 Å². The predicted octanol–water partition coefficient (Wildman–Crippen LogP) is 5.56. The number of aromatic hydroxyl groups is 1. The Balaban J connectivity index is 1.65. The van der Waals surface area contributed by atoms with Crippen LogP contribution in [0.3, 0.4) is 0 Å². The quantitative estimate of drug-likeness (QED) is 0.266. The zero-order valence-corrected chi connectivity index (χ0v) is 22.1. The van der Waals surface area contributed by atoms with Crippen molar-refractivity contribution in [2.45, 2.75) is 13.5 Å². The number of hydrogen-bond acceptors (Lipinski definition) is 6. The average Bonchev–Trinajstić information content (AvgIpc) is 2.83. The minimum absolute atomic E-state index is 0.0220. The van der Waals surface area contributed by atoms with E-state index >= 15 is 0 Å². The molecule has 2 N–H and O–H groups in total.